The van der Waals surface area contributed by atoms with Gasteiger partial charge in [0.15, 0.2) is 5.58 Å². The van der Waals surface area contributed by atoms with Gasteiger partial charge in [-0.15, -0.1) is 0 Å². The zero-order valence-corrected chi connectivity index (χ0v) is 31.3. The Morgan fingerprint density at radius 1 is 0.379 bits per heavy atom. The summed E-state index contributed by atoms with van der Waals surface area (Å²) in [6, 6.07) is 73.1. The first kappa shape index (κ1) is 32.4. The third-order valence-electron chi connectivity index (χ3n) is 11.6. The molecule has 0 unspecified atom stereocenters. The largest absolute Gasteiger partial charge is 0.454 e. The van der Waals surface area contributed by atoms with Crippen LogP contribution >= 0.6 is 0 Å². The van der Waals surface area contributed by atoms with E-state index in [4.69, 9.17) is 8.83 Å². The summed E-state index contributed by atoms with van der Waals surface area (Å²) in [7, 11) is 0. The lowest BCUT2D eigenvalue weighted by Crippen LogP contribution is -2.10. The Morgan fingerprint density at radius 2 is 1.02 bits per heavy atom. The quantitative estimate of drug-likeness (QED) is 0.170. The molecule has 4 nitrogen and oxygen atoms in total. The molecule has 12 aromatic rings. The molecule has 0 atom stereocenters. The number of hydrogen-bond donors (Lipinski definition) is 0. The van der Waals surface area contributed by atoms with Crippen LogP contribution in [0.5, 0.6) is 0 Å². The normalized spacial score (nSPS) is 11.8. The van der Waals surface area contributed by atoms with Crippen LogP contribution in [0.25, 0.3) is 93.6 Å². The summed E-state index contributed by atoms with van der Waals surface area (Å²) in [6.45, 7) is 0. The fraction of sp³-hybridized carbons (Fsp3) is 0. The Bertz CT molecular complexity index is 3500. The van der Waals surface area contributed by atoms with Crippen LogP contribution in [0.2, 0.25) is 0 Å². The van der Waals surface area contributed by atoms with Gasteiger partial charge in [0.2, 0.25) is 5.71 Å². The molecule has 0 radical (unpaired) electrons. The van der Waals surface area contributed by atoms with Crippen LogP contribution in [0.3, 0.4) is 0 Å². The van der Waals surface area contributed by atoms with Gasteiger partial charge in [-0.2, -0.15) is 0 Å². The summed E-state index contributed by atoms with van der Waals surface area (Å²) in [5, 5.41) is 7.97. The minimum Gasteiger partial charge on any atom is -0.454 e. The molecule has 0 saturated heterocycles. The third kappa shape index (κ3) is 5.09. The maximum atomic E-state index is 6.73. The number of furan rings is 2. The average molecular weight is 743 g/mol. The lowest BCUT2D eigenvalue weighted by molar-refractivity contribution is 0.645. The second kappa shape index (κ2) is 12.9. The van der Waals surface area contributed by atoms with Crippen molar-refractivity contribution in [3.05, 3.63) is 206 Å². The molecule has 4 heteroatoms. The van der Waals surface area contributed by atoms with Gasteiger partial charge in [0.1, 0.15) is 11.2 Å². The molecule has 0 fully saturated rings. The van der Waals surface area contributed by atoms with Crippen LogP contribution in [-0.2, 0) is 0 Å². The van der Waals surface area contributed by atoms with Crippen molar-refractivity contribution in [3.63, 3.8) is 0 Å². The number of anilines is 3. The van der Waals surface area contributed by atoms with E-state index >= 15 is 0 Å². The monoisotopic (exact) mass is 742 g/mol. The molecule has 0 N–H and O–H groups in total. The maximum Gasteiger partial charge on any atom is 0.213 e. The SMILES string of the molecule is c1ccc(-c2ccc(N(c3ccc4cc(-c5ccc6c(c5)oc5c6c6ccccc6n5-c5ccccc5)ccc4c3)c3cccc4c3oc3ccccc34)cc2)cc1. The van der Waals surface area contributed by atoms with Crippen molar-refractivity contribution in [1.29, 1.82) is 0 Å². The van der Waals surface area contributed by atoms with Crippen molar-refractivity contribution < 1.29 is 8.83 Å². The zero-order valence-electron chi connectivity index (χ0n) is 31.3. The summed E-state index contributed by atoms with van der Waals surface area (Å²) in [5.74, 6) is 0. The molecular weight excluding hydrogens is 709 g/mol. The predicted octanol–water partition coefficient (Wildman–Crippen LogP) is 15.4. The number of rotatable bonds is 6. The van der Waals surface area contributed by atoms with Crippen molar-refractivity contribution in [3.8, 4) is 27.9 Å². The van der Waals surface area contributed by atoms with E-state index in [-0.39, 0.29) is 0 Å². The summed E-state index contributed by atoms with van der Waals surface area (Å²) < 4.78 is 15.6. The summed E-state index contributed by atoms with van der Waals surface area (Å²) in [6.07, 6.45) is 0. The molecular formula is C54H34N2O2. The number of fused-ring (bicyclic) bond motifs is 9. The van der Waals surface area contributed by atoms with E-state index in [0.29, 0.717) is 0 Å². The standard InChI is InChI=1S/C54H34N2O2/c1-3-12-35(13-4-1)36-24-28-42(29-25-36)55(49-20-11-18-45-44-16-8-10-21-50(44)57-53(45)49)43-30-26-38-32-37(22-23-39(38)33-43)40-27-31-47-51(34-40)58-54-52(47)46-17-7-9-19-48(46)56(54)41-14-5-2-6-15-41/h1-34H. The molecule has 272 valence electrons. The Labute approximate surface area is 334 Å². The molecule has 0 aliphatic heterocycles. The Hall–Kier alpha value is -7.82. The highest BCUT2D eigenvalue weighted by molar-refractivity contribution is 6.20. The van der Waals surface area contributed by atoms with Gasteiger partial charge in [0.05, 0.1) is 16.6 Å². The molecule has 0 spiro atoms. The molecule has 0 saturated carbocycles. The number of aromatic nitrogens is 1. The minimum atomic E-state index is 0.862. The number of hydrogen-bond acceptors (Lipinski definition) is 3. The number of benzene rings is 9. The van der Waals surface area contributed by atoms with Crippen LogP contribution in [0, 0.1) is 0 Å². The van der Waals surface area contributed by atoms with Crippen molar-refractivity contribution >= 4 is 82.7 Å². The van der Waals surface area contributed by atoms with Crippen LogP contribution in [-0.4, -0.2) is 4.57 Å². The first-order valence-corrected chi connectivity index (χ1v) is 19.7. The highest BCUT2D eigenvalue weighted by atomic mass is 16.3. The highest BCUT2D eigenvalue weighted by Crippen LogP contribution is 2.44. The Balaban J connectivity index is 0.962. The van der Waals surface area contributed by atoms with Gasteiger partial charge in [0, 0.05) is 38.6 Å². The van der Waals surface area contributed by atoms with Gasteiger partial charge in [0.25, 0.3) is 0 Å². The molecule has 3 heterocycles. The molecule has 58 heavy (non-hydrogen) atoms. The summed E-state index contributed by atoms with van der Waals surface area (Å²) in [4.78, 5) is 2.31. The molecule has 12 rings (SSSR count). The fourth-order valence-electron chi connectivity index (χ4n) is 8.82. The fourth-order valence-corrected chi connectivity index (χ4v) is 8.82. The van der Waals surface area contributed by atoms with E-state index in [1.165, 1.54) is 16.5 Å². The van der Waals surface area contributed by atoms with E-state index in [1.54, 1.807) is 0 Å². The summed E-state index contributed by atoms with van der Waals surface area (Å²) in [5.41, 5.74) is 13.4. The first-order chi connectivity index (χ1) is 28.7. The molecule has 0 aliphatic carbocycles. The second-order valence-corrected chi connectivity index (χ2v) is 14.9. The van der Waals surface area contributed by atoms with Gasteiger partial charge in [-0.05, 0) is 106 Å². The van der Waals surface area contributed by atoms with E-state index in [1.807, 2.05) is 18.2 Å². The molecule has 0 aliphatic rings. The van der Waals surface area contributed by atoms with Crippen LogP contribution in [0.15, 0.2) is 215 Å². The lowest BCUT2D eigenvalue weighted by atomic mass is 9.99. The Kier molecular flexibility index (Phi) is 7.20. The molecule has 3 aromatic heterocycles. The average Bonchev–Trinajstić information content (AvgIpc) is 3.96. The van der Waals surface area contributed by atoms with Crippen molar-refractivity contribution in [2.45, 2.75) is 0 Å². The second-order valence-electron chi connectivity index (χ2n) is 14.9. The van der Waals surface area contributed by atoms with Crippen molar-refractivity contribution in [1.82, 2.24) is 4.57 Å². The van der Waals surface area contributed by atoms with Gasteiger partial charge < -0.3 is 13.7 Å². The highest BCUT2D eigenvalue weighted by Gasteiger charge is 2.21. The number of nitrogens with zero attached hydrogens (tertiary/aromatic N) is 2. The Morgan fingerprint density at radius 3 is 1.88 bits per heavy atom. The van der Waals surface area contributed by atoms with Crippen LogP contribution < -0.4 is 4.90 Å². The zero-order chi connectivity index (χ0) is 38.2. The molecule has 0 bridgehead atoms. The number of para-hydroxylation sites is 4. The van der Waals surface area contributed by atoms with E-state index in [9.17, 15) is 0 Å². The van der Waals surface area contributed by atoms with Crippen molar-refractivity contribution in [2.24, 2.45) is 0 Å². The minimum absolute atomic E-state index is 0.862. The third-order valence-corrected chi connectivity index (χ3v) is 11.6. The topological polar surface area (TPSA) is 34.5 Å². The van der Waals surface area contributed by atoms with Gasteiger partial charge in [-0.3, -0.25) is 4.57 Å². The van der Waals surface area contributed by atoms with E-state index < -0.39 is 0 Å². The van der Waals surface area contributed by atoms with Gasteiger partial charge in [-0.25, -0.2) is 0 Å². The van der Waals surface area contributed by atoms with Crippen molar-refractivity contribution in [2.75, 3.05) is 4.90 Å². The van der Waals surface area contributed by atoms with E-state index in [2.05, 4.69) is 198 Å². The van der Waals surface area contributed by atoms with Crippen LogP contribution in [0.1, 0.15) is 0 Å². The van der Waals surface area contributed by atoms with Crippen LogP contribution in [0.4, 0.5) is 17.1 Å². The lowest BCUT2D eigenvalue weighted by Gasteiger charge is -2.26. The predicted molar refractivity (Wildman–Crippen MR) is 241 cm³/mol. The molecule has 0 amide bonds. The molecule has 9 aromatic carbocycles. The smallest absolute Gasteiger partial charge is 0.213 e. The maximum absolute atomic E-state index is 6.73. The summed E-state index contributed by atoms with van der Waals surface area (Å²) >= 11 is 0. The first-order valence-electron chi connectivity index (χ1n) is 19.7. The van der Waals surface area contributed by atoms with Gasteiger partial charge >= 0.3 is 0 Å². The van der Waals surface area contributed by atoms with E-state index in [0.717, 1.165) is 94.2 Å². The van der Waals surface area contributed by atoms with Gasteiger partial charge in [-0.1, -0.05) is 133 Å².